The lowest BCUT2D eigenvalue weighted by molar-refractivity contribution is 0.0776. The van der Waals surface area contributed by atoms with E-state index in [2.05, 4.69) is 19.5 Å². The molecule has 2 saturated heterocycles. The minimum atomic E-state index is -0.00420. The maximum absolute atomic E-state index is 12.7. The van der Waals surface area contributed by atoms with Crippen molar-refractivity contribution in [3.63, 3.8) is 0 Å². The Bertz CT molecular complexity index is 774. The highest BCUT2D eigenvalue weighted by atomic mass is 32.1. The molecule has 4 rings (SSSR count). The summed E-state index contributed by atoms with van der Waals surface area (Å²) in [5, 5.41) is 4.05. The van der Waals surface area contributed by atoms with Gasteiger partial charge >= 0.3 is 0 Å². The molecule has 2 aromatic heterocycles. The number of aromatic nitrogens is 3. The number of likely N-dealkylation sites (tertiary alicyclic amines) is 1. The van der Waals surface area contributed by atoms with Crippen molar-refractivity contribution in [2.24, 2.45) is 0 Å². The highest BCUT2D eigenvalue weighted by molar-refractivity contribution is 7.08. The van der Waals surface area contributed by atoms with Crippen LogP contribution in [0.25, 0.3) is 0 Å². The van der Waals surface area contributed by atoms with Crippen molar-refractivity contribution in [3.05, 3.63) is 28.9 Å². The number of nitrogens with zero attached hydrogens (tertiary/aromatic N) is 5. The average molecular weight is 373 g/mol. The summed E-state index contributed by atoms with van der Waals surface area (Å²) in [4.78, 5) is 22.1. The Morgan fingerprint density at radius 2 is 2.19 bits per heavy atom. The smallest absolute Gasteiger partial charge is 0.267 e. The van der Waals surface area contributed by atoms with Gasteiger partial charge in [0.25, 0.3) is 5.91 Å². The largest absolute Gasteiger partial charge is 0.485 e. The first-order valence-electron chi connectivity index (χ1n) is 9.23. The Labute approximate surface area is 157 Å². The molecule has 1 amide bonds. The molecule has 0 N–H and O–H groups in total. The first-order chi connectivity index (χ1) is 12.8. The van der Waals surface area contributed by atoms with Gasteiger partial charge in [0.15, 0.2) is 11.6 Å². The van der Waals surface area contributed by atoms with E-state index in [1.165, 1.54) is 24.4 Å². The van der Waals surface area contributed by atoms with E-state index < -0.39 is 0 Å². The molecule has 26 heavy (non-hydrogen) atoms. The van der Waals surface area contributed by atoms with Crippen LogP contribution in [0.5, 0.6) is 5.75 Å². The number of hydrogen-bond acceptors (Lipinski definition) is 7. The zero-order chi connectivity index (χ0) is 17.9. The van der Waals surface area contributed by atoms with E-state index >= 15 is 0 Å². The Hall–Kier alpha value is -2.22. The van der Waals surface area contributed by atoms with E-state index in [9.17, 15) is 4.79 Å². The maximum Gasteiger partial charge on any atom is 0.267 e. The van der Waals surface area contributed by atoms with Gasteiger partial charge in [-0.25, -0.2) is 4.98 Å². The number of pyridine rings is 1. The zero-order valence-electron chi connectivity index (χ0n) is 14.9. The third-order valence-corrected chi connectivity index (χ3v) is 5.72. The second-order valence-corrected chi connectivity index (χ2v) is 7.46. The van der Waals surface area contributed by atoms with Gasteiger partial charge in [0.05, 0.1) is 12.2 Å². The maximum atomic E-state index is 12.7. The molecular formula is C18H23N5O2S. The van der Waals surface area contributed by atoms with E-state index in [-0.39, 0.29) is 12.0 Å². The topological polar surface area (TPSA) is 71.5 Å². The average Bonchev–Trinajstić information content (AvgIpc) is 3.42. The Balaban J connectivity index is 1.43. The Morgan fingerprint density at radius 3 is 3.00 bits per heavy atom. The number of rotatable bonds is 5. The molecule has 1 atom stereocenters. The number of anilines is 1. The van der Waals surface area contributed by atoms with Crippen molar-refractivity contribution in [2.45, 2.75) is 38.7 Å². The van der Waals surface area contributed by atoms with Crippen LogP contribution in [-0.2, 0) is 6.42 Å². The van der Waals surface area contributed by atoms with E-state index in [0.717, 1.165) is 43.2 Å². The normalized spacial score (nSPS) is 20.0. The van der Waals surface area contributed by atoms with E-state index in [4.69, 9.17) is 4.74 Å². The lowest BCUT2D eigenvalue weighted by Crippen LogP contribution is -2.31. The van der Waals surface area contributed by atoms with E-state index in [1.807, 2.05) is 30.2 Å². The monoisotopic (exact) mass is 373 g/mol. The summed E-state index contributed by atoms with van der Waals surface area (Å²) >= 11 is 1.18. The first-order valence-corrected chi connectivity index (χ1v) is 10.0. The fourth-order valence-corrected chi connectivity index (χ4v) is 4.29. The van der Waals surface area contributed by atoms with E-state index in [0.29, 0.717) is 18.0 Å². The van der Waals surface area contributed by atoms with Crippen LogP contribution in [0.3, 0.4) is 0 Å². The number of ether oxygens (including phenoxy) is 1. The van der Waals surface area contributed by atoms with Gasteiger partial charge in [0, 0.05) is 32.3 Å². The van der Waals surface area contributed by atoms with Crippen molar-refractivity contribution in [1.29, 1.82) is 0 Å². The second-order valence-electron chi connectivity index (χ2n) is 6.70. The highest BCUT2D eigenvalue weighted by Crippen LogP contribution is 2.30. The summed E-state index contributed by atoms with van der Waals surface area (Å²) in [5.74, 6) is 1.77. The quantitative estimate of drug-likeness (QED) is 0.801. The van der Waals surface area contributed by atoms with Crippen LogP contribution in [0, 0.1) is 0 Å². The predicted molar refractivity (Wildman–Crippen MR) is 99.9 cm³/mol. The summed E-state index contributed by atoms with van der Waals surface area (Å²) in [5.41, 5.74) is 0.785. The molecule has 0 radical (unpaired) electrons. The van der Waals surface area contributed by atoms with Crippen LogP contribution in [0.4, 0.5) is 5.82 Å². The molecule has 138 valence electrons. The minimum absolute atomic E-state index is 0.00420. The molecule has 8 heteroatoms. The summed E-state index contributed by atoms with van der Waals surface area (Å²) in [6, 6.07) is 3.89. The molecule has 2 aliphatic rings. The van der Waals surface area contributed by atoms with Gasteiger partial charge in [-0.1, -0.05) is 11.4 Å². The summed E-state index contributed by atoms with van der Waals surface area (Å²) < 4.78 is 10.2. The van der Waals surface area contributed by atoms with Crippen molar-refractivity contribution in [3.8, 4) is 5.75 Å². The minimum Gasteiger partial charge on any atom is -0.485 e. The number of carbonyl (C=O) groups excluding carboxylic acids is 1. The number of aryl methyl sites for hydroxylation is 1. The standard InChI is InChI=1S/C18H23N5O2S/c1-2-14-16(26-21-20-14)18(24)23-11-7-13(12-23)25-15-6-5-8-19-17(15)22-9-3-4-10-22/h5-6,8,13H,2-4,7,9-12H2,1H3. The SMILES string of the molecule is CCc1nnsc1C(=O)N1CCC(Oc2cccnc2N2CCCC2)C1. The van der Waals surface area contributed by atoms with Crippen LogP contribution < -0.4 is 9.64 Å². The van der Waals surface area contributed by atoms with Gasteiger partial charge in [-0.05, 0) is 42.9 Å². The molecule has 7 nitrogen and oxygen atoms in total. The van der Waals surface area contributed by atoms with Crippen LogP contribution in [0.2, 0.25) is 0 Å². The molecule has 0 spiro atoms. The fourth-order valence-electron chi connectivity index (χ4n) is 3.58. The molecule has 0 bridgehead atoms. The number of hydrogen-bond donors (Lipinski definition) is 0. The molecule has 0 aromatic carbocycles. The molecule has 0 aliphatic carbocycles. The van der Waals surface area contributed by atoms with Gasteiger partial charge < -0.3 is 14.5 Å². The predicted octanol–water partition coefficient (Wildman–Crippen LogP) is 2.39. The summed E-state index contributed by atoms with van der Waals surface area (Å²) in [6.07, 6.45) is 5.76. The van der Waals surface area contributed by atoms with Gasteiger partial charge in [0.1, 0.15) is 11.0 Å². The molecule has 1 unspecified atom stereocenters. The van der Waals surface area contributed by atoms with Crippen molar-refractivity contribution in [1.82, 2.24) is 19.5 Å². The van der Waals surface area contributed by atoms with Crippen molar-refractivity contribution < 1.29 is 9.53 Å². The summed E-state index contributed by atoms with van der Waals surface area (Å²) in [7, 11) is 0. The van der Waals surface area contributed by atoms with Crippen LogP contribution >= 0.6 is 11.5 Å². The van der Waals surface area contributed by atoms with E-state index in [1.54, 1.807) is 0 Å². The highest BCUT2D eigenvalue weighted by Gasteiger charge is 2.31. The molecular weight excluding hydrogens is 350 g/mol. The van der Waals surface area contributed by atoms with Crippen LogP contribution in [0.15, 0.2) is 18.3 Å². The third-order valence-electron chi connectivity index (χ3n) is 4.97. The third kappa shape index (κ3) is 3.38. The molecule has 2 aliphatic heterocycles. The lowest BCUT2D eigenvalue weighted by Gasteiger charge is -2.22. The van der Waals surface area contributed by atoms with Crippen molar-refractivity contribution in [2.75, 3.05) is 31.1 Å². The first kappa shape index (κ1) is 17.2. The lowest BCUT2D eigenvalue weighted by atomic mass is 10.3. The summed E-state index contributed by atoms with van der Waals surface area (Å²) in [6.45, 7) is 5.34. The number of amides is 1. The molecule has 2 fully saturated rings. The molecule has 4 heterocycles. The van der Waals surface area contributed by atoms with Crippen LogP contribution in [0.1, 0.15) is 41.6 Å². The van der Waals surface area contributed by atoms with Crippen molar-refractivity contribution >= 4 is 23.3 Å². The zero-order valence-corrected chi connectivity index (χ0v) is 15.7. The fraction of sp³-hybridized carbons (Fsp3) is 0.556. The van der Waals surface area contributed by atoms with Gasteiger partial charge in [0.2, 0.25) is 0 Å². The molecule has 2 aromatic rings. The molecule has 0 saturated carbocycles. The second kappa shape index (κ2) is 7.57. The van der Waals surface area contributed by atoms with Crippen LogP contribution in [-0.4, -0.2) is 57.7 Å². The van der Waals surface area contributed by atoms with Gasteiger partial charge in [-0.2, -0.15) is 0 Å². The van der Waals surface area contributed by atoms with Gasteiger partial charge in [-0.3, -0.25) is 4.79 Å². The Morgan fingerprint density at radius 1 is 1.35 bits per heavy atom. The Kier molecular flexibility index (Phi) is 5.01. The number of carbonyl (C=O) groups is 1. The van der Waals surface area contributed by atoms with Gasteiger partial charge in [-0.15, -0.1) is 5.10 Å².